The van der Waals surface area contributed by atoms with Gasteiger partial charge in [0.25, 0.3) is 0 Å². The van der Waals surface area contributed by atoms with Crippen LogP contribution in [0.4, 0.5) is 10.6 Å². The van der Waals surface area contributed by atoms with Gasteiger partial charge in [-0.3, -0.25) is 0 Å². The zero-order valence-corrected chi connectivity index (χ0v) is 19.8. The Morgan fingerprint density at radius 3 is 2.42 bits per heavy atom. The number of fused-ring (bicyclic) bond motifs is 2. The first-order valence-corrected chi connectivity index (χ1v) is 12.1. The minimum Gasteiger partial charge on any atom is -0.465 e. The number of amides is 1. The molecule has 0 unspecified atom stereocenters. The number of nitrogen functional groups attached to an aromatic ring is 1. The lowest BCUT2D eigenvalue weighted by molar-refractivity contribution is 0.205. The summed E-state index contributed by atoms with van der Waals surface area (Å²) in [4.78, 5) is 22.7. The van der Waals surface area contributed by atoms with E-state index in [4.69, 9.17) is 20.6 Å². The van der Waals surface area contributed by atoms with Crippen LogP contribution in [0.25, 0.3) is 44.3 Å². The van der Waals surface area contributed by atoms with E-state index in [1.54, 1.807) is 6.33 Å². The van der Waals surface area contributed by atoms with E-state index in [0.29, 0.717) is 11.9 Å². The van der Waals surface area contributed by atoms with Gasteiger partial charge in [-0.05, 0) is 30.5 Å². The van der Waals surface area contributed by atoms with E-state index in [-0.39, 0.29) is 0 Å². The number of anilines is 1. The maximum Gasteiger partial charge on any atom is 0.402 e. The van der Waals surface area contributed by atoms with Crippen molar-refractivity contribution in [3.8, 4) is 22.4 Å². The Labute approximate surface area is 208 Å². The SMILES string of the molecule is NC(=O)O.Nc1ncnc2c1c(-c1ccc3ccc(-c4ccccc4)nc3c1)cn2C1CCCCC1. The molecule has 6 rings (SSSR count). The number of nitrogens with two attached hydrogens (primary N) is 2. The van der Waals surface area contributed by atoms with Gasteiger partial charge in [-0.1, -0.05) is 67.8 Å². The van der Waals surface area contributed by atoms with Crippen molar-refractivity contribution in [2.24, 2.45) is 5.73 Å². The number of nitrogens with zero attached hydrogens (tertiary/aromatic N) is 4. The Morgan fingerprint density at radius 2 is 1.67 bits per heavy atom. The van der Waals surface area contributed by atoms with Gasteiger partial charge in [0.05, 0.1) is 16.6 Å². The van der Waals surface area contributed by atoms with Crippen LogP contribution in [0.15, 0.2) is 73.2 Å². The molecule has 0 radical (unpaired) electrons. The molecule has 0 aliphatic heterocycles. The second-order valence-electron chi connectivity index (χ2n) is 9.01. The van der Waals surface area contributed by atoms with Crippen LogP contribution < -0.4 is 11.5 Å². The maximum atomic E-state index is 8.78. The average molecular weight is 481 g/mol. The van der Waals surface area contributed by atoms with Gasteiger partial charge in [-0.2, -0.15) is 0 Å². The smallest absolute Gasteiger partial charge is 0.402 e. The average Bonchev–Trinajstić information content (AvgIpc) is 3.30. The summed E-state index contributed by atoms with van der Waals surface area (Å²) in [5.74, 6) is 0.533. The maximum absolute atomic E-state index is 8.78. The number of rotatable bonds is 3. The van der Waals surface area contributed by atoms with Gasteiger partial charge < -0.3 is 21.1 Å². The van der Waals surface area contributed by atoms with Crippen molar-refractivity contribution in [2.75, 3.05) is 5.73 Å². The number of primary amides is 1. The number of benzene rings is 2. The predicted molar refractivity (Wildman–Crippen MR) is 142 cm³/mol. The number of carboxylic acid groups (broad SMARTS) is 1. The van der Waals surface area contributed by atoms with Crippen LogP contribution in [0.5, 0.6) is 0 Å². The first-order chi connectivity index (χ1) is 17.5. The van der Waals surface area contributed by atoms with Crippen molar-refractivity contribution in [3.63, 3.8) is 0 Å². The monoisotopic (exact) mass is 480 g/mol. The van der Waals surface area contributed by atoms with E-state index < -0.39 is 6.09 Å². The summed E-state index contributed by atoms with van der Waals surface area (Å²) in [7, 11) is 0. The minimum atomic E-state index is -1.33. The largest absolute Gasteiger partial charge is 0.465 e. The molecule has 36 heavy (non-hydrogen) atoms. The van der Waals surface area contributed by atoms with Crippen LogP contribution >= 0.6 is 0 Å². The second-order valence-corrected chi connectivity index (χ2v) is 9.01. The molecular weight excluding hydrogens is 452 g/mol. The third-order valence-corrected chi connectivity index (χ3v) is 6.68. The van der Waals surface area contributed by atoms with Crippen LogP contribution in [0.3, 0.4) is 0 Å². The molecule has 0 spiro atoms. The first kappa shape index (κ1) is 23.3. The molecule has 1 amide bonds. The Balaban J connectivity index is 0.000000623. The van der Waals surface area contributed by atoms with Gasteiger partial charge >= 0.3 is 6.09 Å². The van der Waals surface area contributed by atoms with E-state index in [0.717, 1.165) is 44.3 Å². The normalized spacial score (nSPS) is 13.9. The third-order valence-electron chi connectivity index (χ3n) is 6.68. The molecule has 3 heterocycles. The van der Waals surface area contributed by atoms with E-state index in [1.807, 2.05) is 18.2 Å². The standard InChI is InChI=1S/C27H25N5.CH3NO2/c28-26-25-22(16-32(27(25)30-17-29-26)21-9-5-2-6-10-21)20-12-11-19-13-14-23(31-24(19)15-20)18-7-3-1-4-8-18;2-1(3)4/h1,3-4,7-8,11-17,21H,2,5-6,9-10H2,(H2,28,29,30);2H2,(H,3,4). The van der Waals surface area contributed by atoms with Gasteiger partial charge in [-0.15, -0.1) is 0 Å². The molecule has 1 aliphatic carbocycles. The van der Waals surface area contributed by atoms with Gasteiger partial charge in [0.15, 0.2) is 0 Å². The van der Waals surface area contributed by atoms with E-state index in [2.05, 4.69) is 68.9 Å². The summed E-state index contributed by atoms with van der Waals surface area (Å²) in [5, 5.41) is 9.25. The molecule has 1 saturated carbocycles. The fourth-order valence-corrected chi connectivity index (χ4v) is 5.02. The summed E-state index contributed by atoms with van der Waals surface area (Å²) in [6.07, 6.45) is 8.70. The lowest BCUT2D eigenvalue weighted by atomic mass is 9.95. The molecule has 3 aromatic heterocycles. The lowest BCUT2D eigenvalue weighted by Crippen LogP contribution is -2.12. The lowest BCUT2D eigenvalue weighted by Gasteiger charge is -2.23. The predicted octanol–water partition coefficient (Wildman–Crippen LogP) is 6.02. The molecule has 0 bridgehead atoms. The Bertz CT molecular complexity index is 1520. The zero-order chi connectivity index (χ0) is 25.1. The quantitative estimate of drug-likeness (QED) is 0.289. The number of aromatic nitrogens is 4. The number of pyridine rings is 1. The molecule has 8 heteroatoms. The number of hydrogen-bond donors (Lipinski definition) is 3. The summed E-state index contributed by atoms with van der Waals surface area (Å²) in [6, 6.07) is 21.4. The fraction of sp³-hybridized carbons (Fsp3) is 0.214. The summed E-state index contributed by atoms with van der Waals surface area (Å²) in [5.41, 5.74) is 16.6. The van der Waals surface area contributed by atoms with Gasteiger partial charge in [0, 0.05) is 28.8 Å². The van der Waals surface area contributed by atoms with Crippen molar-refractivity contribution in [1.82, 2.24) is 19.5 Å². The fourth-order valence-electron chi connectivity index (χ4n) is 5.02. The highest BCUT2D eigenvalue weighted by Crippen LogP contribution is 2.38. The highest BCUT2D eigenvalue weighted by Gasteiger charge is 2.22. The molecule has 2 aromatic carbocycles. The summed E-state index contributed by atoms with van der Waals surface area (Å²) in [6.45, 7) is 0. The first-order valence-electron chi connectivity index (χ1n) is 12.1. The van der Waals surface area contributed by atoms with Crippen molar-refractivity contribution >= 4 is 33.8 Å². The molecule has 182 valence electrons. The van der Waals surface area contributed by atoms with Crippen LogP contribution in [-0.2, 0) is 0 Å². The molecule has 8 nitrogen and oxygen atoms in total. The van der Waals surface area contributed by atoms with Crippen LogP contribution in [0.2, 0.25) is 0 Å². The molecule has 0 atom stereocenters. The molecule has 5 N–H and O–H groups in total. The summed E-state index contributed by atoms with van der Waals surface area (Å²) < 4.78 is 2.33. The Hall–Kier alpha value is -4.46. The highest BCUT2D eigenvalue weighted by molar-refractivity contribution is 6.02. The van der Waals surface area contributed by atoms with E-state index in [1.165, 1.54) is 32.1 Å². The second kappa shape index (κ2) is 10.0. The summed E-state index contributed by atoms with van der Waals surface area (Å²) >= 11 is 0. The van der Waals surface area contributed by atoms with Crippen LogP contribution in [0, 0.1) is 0 Å². The van der Waals surface area contributed by atoms with Gasteiger partial charge in [0.2, 0.25) is 0 Å². The number of hydrogen-bond acceptors (Lipinski definition) is 5. The number of carbonyl (C=O) groups is 1. The molecular formula is C28H28N6O2. The molecule has 1 aliphatic rings. The van der Waals surface area contributed by atoms with Crippen molar-refractivity contribution in [1.29, 1.82) is 0 Å². The topological polar surface area (TPSA) is 133 Å². The molecule has 1 fully saturated rings. The van der Waals surface area contributed by atoms with Crippen LogP contribution in [0.1, 0.15) is 38.1 Å². The highest BCUT2D eigenvalue weighted by atomic mass is 16.4. The molecule has 0 saturated heterocycles. The molecule has 5 aromatic rings. The van der Waals surface area contributed by atoms with Crippen LogP contribution in [-0.4, -0.2) is 30.7 Å². The van der Waals surface area contributed by atoms with Gasteiger partial charge in [-0.25, -0.2) is 19.7 Å². The Kier molecular flexibility index (Phi) is 6.49. The van der Waals surface area contributed by atoms with Gasteiger partial charge in [0.1, 0.15) is 17.8 Å². The zero-order valence-electron chi connectivity index (χ0n) is 19.8. The minimum absolute atomic E-state index is 0.470. The van der Waals surface area contributed by atoms with Crippen molar-refractivity contribution in [2.45, 2.75) is 38.1 Å². The van der Waals surface area contributed by atoms with Crippen molar-refractivity contribution in [3.05, 3.63) is 73.2 Å². The third kappa shape index (κ3) is 4.70. The Morgan fingerprint density at radius 1 is 0.944 bits per heavy atom. The van der Waals surface area contributed by atoms with Crippen molar-refractivity contribution < 1.29 is 9.90 Å². The van der Waals surface area contributed by atoms with E-state index in [9.17, 15) is 0 Å². The van der Waals surface area contributed by atoms with E-state index >= 15 is 0 Å².